The maximum absolute atomic E-state index is 4.60. The number of hydrogen-bond donors (Lipinski definition) is 1. The molecule has 0 saturated carbocycles. The lowest BCUT2D eigenvalue weighted by Gasteiger charge is -2.25. The zero-order chi connectivity index (χ0) is 14.6. The van der Waals surface area contributed by atoms with Gasteiger partial charge in [-0.25, -0.2) is 9.97 Å². The van der Waals surface area contributed by atoms with Crippen molar-refractivity contribution >= 4 is 5.95 Å². The van der Waals surface area contributed by atoms with Crippen LogP contribution in [0.3, 0.4) is 0 Å². The summed E-state index contributed by atoms with van der Waals surface area (Å²) in [5.41, 5.74) is 2.15. The van der Waals surface area contributed by atoms with Gasteiger partial charge in [0.15, 0.2) is 0 Å². The average Bonchev–Trinajstić information content (AvgIpc) is 2.27. The summed E-state index contributed by atoms with van der Waals surface area (Å²) >= 11 is 0. The topological polar surface area (TPSA) is 37.8 Å². The fourth-order valence-corrected chi connectivity index (χ4v) is 2.42. The van der Waals surface area contributed by atoms with Gasteiger partial charge in [-0.2, -0.15) is 0 Å². The predicted octanol–water partition coefficient (Wildman–Crippen LogP) is 4.25. The van der Waals surface area contributed by atoms with Crippen LogP contribution < -0.4 is 5.32 Å². The average molecular weight is 263 g/mol. The first kappa shape index (κ1) is 15.9. The van der Waals surface area contributed by atoms with Gasteiger partial charge in [0.05, 0.1) is 0 Å². The van der Waals surface area contributed by atoms with Crippen LogP contribution in [0.1, 0.15) is 58.8 Å². The summed E-state index contributed by atoms with van der Waals surface area (Å²) in [6, 6.07) is 2.07. The van der Waals surface area contributed by atoms with Crippen LogP contribution in [0, 0.1) is 24.7 Å². The highest BCUT2D eigenvalue weighted by Crippen LogP contribution is 2.21. The number of nitrogens with zero attached hydrogens (tertiary/aromatic N) is 2. The molecule has 1 heterocycles. The molecule has 108 valence electrons. The Morgan fingerprint density at radius 3 is 2.05 bits per heavy atom. The maximum atomic E-state index is 4.60. The predicted molar refractivity (Wildman–Crippen MR) is 82.5 cm³/mol. The van der Waals surface area contributed by atoms with Gasteiger partial charge in [-0.05, 0) is 36.7 Å². The van der Waals surface area contributed by atoms with Crippen LogP contribution in [0.4, 0.5) is 5.95 Å². The molecule has 1 aromatic heterocycles. The molecule has 1 aromatic rings. The van der Waals surface area contributed by atoms with E-state index in [1.165, 1.54) is 0 Å². The Kier molecular flexibility index (Phi) is 5.77. The van der Waals surface area contributed by atoms with Crippen LogP contribution in [-0.4, -0.2) is 16.5 Å². The fraction of sp³-hybridized carbons (Fsp3) is 0.750. The Labute approximate surface area is 118 Å². The minimum Gasteiger partial charge on any atom is -0.354 e. The second-order valence-electron chi connectivity index (χ2n) is 6.45. The van der Waals surface area contributed by atoms with Gasteiger partial charge in [-0.1, -0.05) is 41.5 Å². The van der Waals surface area contributed by atoms with E-state index in [0.717, 1.165) is 23.9 Å². The van der Waals surface area contributed by atoms with E-state index in [-0.39, 0.29) is 0 Å². The molecule has 0 aliphatic heterocycles. The molecule has 0 amide bonds. The minimum absolute atomic E-state index is 0.438. The molecule has 3 nitrogen and oxygen atoms in total. The van der Waals surface area contributed by atoms with Crippen molar-refractivity contribution in [2.24, 2.45) is 17.8 Å². The first-order chi connectivity index (χ1) is 8.81. The molecule has 0 aliphatic carbocycles. The van der Waals surface area contributed by atoms with Gasteiger partial charge in [-0.3, -0.25) is 0 Å². The molecule has 3 heteroatoms. The summed E-state index contributed by atoms with van der Waals surface area (Å²) in [5.74, 6) is 3.19. The van der Waals surface area contributed by atoms with E-state index in [1.807, 2.05) is 6.92 Å². The Morgan fingerprint density at radius 2 is 1.58 bits per heavy atom. The van der Waals surface area contributed by atoms with Crippen LogP contribution in [0.15, 0.2) is 6.07 Å². The highest BCUT2D eigenvalue weighted by atomic mass is 15.1. The van der Waals surface area contributed by atoms with E-state index in [4.69, 9.17) is 0 Å². The van der Waals surface area contributed by atoms with Crippen LogP contribution in [0.5, 0.6) is 0 Å². The first-order valence-electron chi connectivity index (χ1n) is 7.40. The molecular weight excluding hydrogens is 234 g/mol. The Balaban J connectivity index is 2.77. The first-order valence-corrected chi connectivity index (χ1v) is 7.40. The molecule has 0 spiro atoms. The van der Waals surface area contributed by atoms with Gasteiger partial charge in [0.2, 0.25) is 5.95 Å². The summed E-state index contributed by atoms with van der Waals surface area (Å²) in [4.78, 5) is 9.09. The van der Waals surface area contributed by atoms with Crippen molar-refractivity contribution < 1.29 is 0 Å². The third-order valence-electron chi connectivity index (χ3n) is 3.67. The highest BCUT2D eigenvalue weighted by Gasteiger charge is 2.17. The zero-order valence-electron chi connectivity index (χ0n) is 13.5. The van der Waals surface area contributed by atoms with Crippen molar-refractivity contribution in [2.75, 3.05) is 11.9 Å². The number of aromatic nitrogens is 2. The molecule has 1 rings (SSSR count). The second kappa shape index (κ2) is 6.88. The lowest BCUT2D eigenvalue weighted by Crippen LogP contribution is -2.25. The van der Waals surface area contributed by atoms with E-state index in [0.29, 0.717) is 23.7 Å². The number of aryl methyl sites for hydroxylation is 1. The molecule has 0 fully saturated rings. The van der Waals surface area contributed by atoms with Crippen LogP contribution in [0.2, 0.25) is 0 Å². The van der Waals surface area contributed by atoms with E-state index in [2.05, 4.69) is 62.9 Å². The SMILES string of the molecule is Cc1cc(C(C)C)nc(NCC(C(C)C)C(C)C)n1. The summed E-state index contributed by atoms with van der Waals surface area (Å²) in [7, 11) is 0. The van der Waals surface area contributed by atoms with Crippen molar-refractivity contribution in [3.05, 3.63) is 17.5 Å². The van der Waals surface area contributed by atoms with Gasteiger partial charge in [0.1, 0.15) is 0 Å². The molecule has 0 atom stereocenters. The Hall–Kier alpha value is -1.12. The quantitative estimate of drug-likeness (QED) is 0.833. The Morgan fingerprint density at radius 1 is 1.00 bits per heavy atom. The van der Waals surface area contributed by atoms with Crippen molar-refractivity contribution in [1.29, 1.82) is 0 Å². The summed E-state index contributed by atoms with van der Waals surface area (Å²) in [5, 5.41) is 3.42. The lowest BCUT2D eigenvalue weighted by molar-refractivity contribution is 0.304. The molecule has 0 bridgehead atoms. The van der Waals surface area contributed by atoms with Gasteiger partial charge in [0, 0.05) is 17.9 Å². The molecular formula is C16H29N3. The third-order valence-corrected chi connectivity index (χ3v) is 3.67. The van der Waals surface area contributed by atoms with Crippen LogP contribution in [-0.2, 0) is 0 Å². The Bertz CT molecular complexity index is 389. The van der Waals surface area contributed by atoms with Crippen molar-refractivity contribution in [3.8, 4) is 0 Å². The fourth-order valence-electron chi connectivity index (χ4n) is 2.42. The van der Waals surface area contributed by atoms with Gasteiger partial charge in [-0.15, -0.1) is 0 Å². The second-order valence-corrected chi connectivity index (χ2v) is 6.45. The molecule has 19 heavy (non-hydrogen) atoms. The zero-order valence-corrected chi connectivity index (χ0v) is 13.5. The monoisotopic (exact) mass is 263 g/mol. The molecule has 0 aliphatic rings. The van der Waals surface area contributed by atoms with Crippen molar-refractivity contribution in [2.45, 2.75) is 54.4 Å². The molecule has 0 radical (unpaired) electrons. The summed E-state index contributed by atoms with van der Waals surface area (Å²) in [6.45, 7) is 16.4. The van der Waals surface area contributed by atoms with E-state index < -0.39 is 0 Å². The molecule has 0 saturated heterocycles. The lowest BCUT2D eigenvalue weighted by atomic mass is 9.85. The normalized spacial score (nSPS) is 11.9. The third kappa shape index (κ3) is 4.81. The molecule has 0 unspecified atom stereocenters. The van der Waals surface area contributed by atoms with Crippen LogP contribution >= 0.6 is 0 Å². The molecule has 0 aromatic carbocycles. The highest BCUT2D eigenvalue weighted by molar-refractivity contribution is 5.29. The standard InChI is InChI=1S/C16H29N3/c1-10(2)14(11(3)4)9-17-16-18-13(7)8-15(19-16)12(5)6/h8,10-12,14H,9H2,1-7H3,(H,17,18,19). The van der Waals surface area contributed by atoms with Gasteiger partial charge in [0.25, 0.3) is 0 Å². The minimum atomic E-state index is 0.438. The van der Waals surface area contributed by atoms with Gasteiger partial charge < -0.3 is 5.32 Å². The van der Waals surface area contributed by atoms with E-state index in [9.17, 15) is 0 Å². The molecule has 1 N–H and O–H groups in total. The number of rotatable bonds is 6. The van der Waals surface area contributed by atoms with Crippen LogP contribution in [0.25, 0.3) is 0 Å². The summed E-state index contributed by atoms with van der Waals surface area (Å²) < 4.78 is 0. The van der Waals surface area contributed by atoms with Crippen molar-refractivity contribution in [1.82, 2.24) is 9.97 Å². The largest absolute Gasteiger partial charge is 0.354 e. The van der Waals surface area contributed by atoms with Crippen molar-refractivity contribution in [3.63, 3.8) is 0 Å². The summed E-state index contributed by atoms with van der Waals surface area (Å²) in [6.07, 6.45) is 0. The smallest absolute Gasteiger partial charge is 0.223 e. The van der Waals surface area contributed by atoms with E-state index in [1.54, 1.807) is 0 Å². The van der Waals surface area contributed by atoms with E-state index >= 15 is 0 Å². The number of nitrogens with one attached hydrogen (secondary N) is 1. The number of hydrogen-bond acceptors (Lipinski definition) is 3. The number of anilines is 1. The maximum Gasteiger partial charge on any atom is 0.223 e. The van der Waals surface area contributed by atoms with Gasteiger partial charge >= 0.3 is 0 Å².